The van der Waals surface area contributed by atoms with E-state index in [4.69, 9.17) is 9.15 Å². The fourth-order valence-electron chi connectivity index (χ4n) is 3.91. The SMILES string of the molecule is CCC1CCCCN1C(=O)/C=C(\C)c1cc2c(C)c(C)oc2cc1OC. The second-order valence-corrected chi connectivity index (χ2v) is 7.25. The van der Waals surface area contributed by atoms with Crippen LogP contribution >= 0.6 is 0 Å². The lowest BCUT2D eigenvalue weighted by Gasteiger charge is -2.34. The Morgan fingerprint density at radius 2 is 2.12 bits per heavy atom. The zero-order chi connectivity index (χ0) is 18.8. The molecule has 1 aromatic heterocycles. The number of allylic oxidation sites excluding steroid dienone is 1. The van der Waals surface area contributed by atoms with Gasteiger partial charge in [0.05, 0.1) is 7.11 Å². The molecule has 0 bridgehead atoms. The predicted octanol–water partition coefficient (Wildman–Crippen LogP) is 5.25. The topological polar surface area (TPSA) is 42.7 Å². The van der Waals surface area contributed by atoms with Crippen molar-refractivity contribution in [3.63, 3.8) is 0 Å². The molecule has 2 aromatic rings. The quantitative estimate of drug-likeness (QED) is 0.703. The monoisotopic (exact) mass is 355 g/mol. The van der Waals surface area contributed by atoms with E-state index in [1.54, 1.807) is 13.2 Å². The Bertz CT molecular complexity index is 847. The Morgan fingerprint density at radius 1 is 1.35 bits per heavy atom. The van der Waals surface area contributed by atoms with Crippen LogP contribution < -0.4 is 4.74 Å². The molecular formula is C22H29NO3. The highest BCUT2D eigenvalue weighted by atomic mass is 16.5. The molecule has 2 heterocycles. The molecule has 1 aromatic carbocycles. The van der Waals surface area contributed by atoms with Crippen molar-refractivity contribution in [3.05, 3.63) is 35.1 Å². The average Bonchev–Trinajstić information content (AvgIpc) is 2.93. The van der Waals surface area contributed by atoms with E-state index in [1.165, 1.54) is 6.42 Å². The molecule has 1 aliphatic rings. The third-order valence-electron chi connectivity index (χ3n) is 5.64. The smallest absolute Gasteiger partial charge is 0.247 e. The number of aryl methyl sites for hydroxylation is 2. The number of furan rings is 1. The highest BCUT2D eigenvalue weighted by Crippen LogP contribution is 2.35. The molecule has 1 fully saturated rings. The minimum absolute atomic E-state index is 0.108. The van der Waals surface area contributed by atoms with Crippen LogP contribution in [0.5, 0.6) is 5.75 Å². The third kappa shape index (κ3) is 3.37. The van der Waals surface area contributed by atoms with Gasteiger partial charge >= 0.3 is 0 Å². The molecule has 1 amide bonds. The second kappa shape index (κ2) is 7.56. The molecule has 0 N–H and O–H groups in total. The third-order valence-corrected chi connectivity index (χ3v) is 5.64. The van der Waals surface area contributed by atoms with Gasteiger partial charge in [-0.15, -0.1) is 0 Å². The maximum absolute atomic E-state index is 12.9. The largest absolute Gasteiger partial charge is 0.496 e. The maximum atomic E-state index is 12.9. The number of hydrogen-bond donors (Lipinski definition) is 0. The van der Waals surface area contributed by atoms with E-state index in [2.05, 4.69) is 19.9 Å². The summed E-state index contributed by atoms with van der Waals surface area (Å²) >= 11 is 0. The van der Waals surface area contributed by atoms with Crippen LogP contribution in [0.15, 0.2) is 22.6 Å². The molecule has 0 spiro atoms. The van der Waals surface area contributed by atoms with Gasteiger partial charge in [-0.1, -0.05) is 6.92 Å². The number of carbonyl (C=O) groups excluding carboxylic acids is 1. The highest BCUT2D eigenvalue weighted by molar-refractivity contribution is 5.97. The average molecular weight is 355 g/mol. The number of piperidine rings is 1. The van der Waals surface area contributed by atoms with Crippen molar-refractivity contribution in [3.8, 4) is 5.75 Å². The zero-order valence-corrected chi connectivity index (χ0v) is 16.5. The first kappa shape index (κ1) is 18.6. The summed E-state index contributed by atoms with van der Waals surface area (Å²) in [5, 5.41) is 1.07. The van der Waals surface area contributed by atoms with Gasteiger partial charge in [-0.3, -0.25) is 4.79 Å². The van der Waals surface area contributed by atoms with Gasteiger partial charge in [0, 0.05) is 35.7 Å². The molecule has 1 saturated heterocycles. The molecule has 26 heavy (non-hydrogen) atoms. The van der Waals surface area contributed by atoms with E-state index >= 15 is 0 Å². The van der Waals surface area contributed by atoms with E-state index in [0.29, 0.717) is 6.04 Å². The van der Waals surface area contributed by atoms with Crippen LogP contribution in [0.25, 0.3) is 16.5 Å². The summed E-state index contributed by atoms with van der Waals surface area (Å²) < 4.78 is 11.4. The van der Waals surface area contributed by atoms with Crippen LogP contribution in [-0.2, 0) is 4.79 Å². The van der Waals surface area contributed by atoms with Gasteiger partial charge in [-0.2, -0.15) is 0 Å². The number of carbonyl (C=O) groups is 1. The van der Waals surface area contributed by atoms with Crippen LogP contribution in [0.3, 0.4) is 0 Å². The lowest BCUT2D eigenvalue weighted by Crippen LogP contribution is -2.42. The van der Waals surface area contributed by atoms with E-state index in [9.17, 15) is 4.79 Å². The predicted molar refractivity (Wildman–Crippen MR) is 106 cm³/mol. The van der Waals surface area contributed by atoms with Crippen molar-refractivity contribution in [2.75, 3.05) is 13.7 Å². The molecule has 140 valence electrons. The number of amides is 1. The van der Waals surface area contributed by atoms with Gasteiger partial charge in [-0.05, 0) is 63.7 Å². The number of likely N-dealkylation sites (tertiary alicyclic amines) is 1. The Hall–Kier alpha value is -2.23. The van der Waals surface area contributed by atoms with E-state index < -0.39 is 0 Å². The van der Waals surface area contributed by atoms with Gasteiger partial charge in [0.2, 0.25) is 5.91 Å². The first-order valence-electron chi connectivity index (χ1n) is 9.53. The van der Waals surface area contributed by atoms with Crippen molar-refractivity contribution in [1.82, 2.24) is 4.90 Å². The number of fused-ring (bicyclic) bond motifs is 1. The molecule has 1 unspecified atom stereocenters. The number of rotatable bonds is 4. The van der Waals surface area contributed by atoms with Crippen molar-refractivity contribution < 1.29 is 13.9 Å². The second-order valence-electron chi connectivity index (χ2n) is 7.25. The molecule has 0 radical (unpaired) electrons. The van der Waals surface area contributed by atoms with Crippen LogP contribution in [0, 0.1) is 13.8 Å². The van der Waals surface area contributed by atoms with Crippen molar-refractivity contribution in [2.24, 2.45) is 0 Å². The standard InChI is InChI=1S/C22H29NO3/c1-6-17-9-7-8-10-23(17)22(24)11-14(2)18-12-19-15(3)16(4)26-21(19)13-20(18)25-5/h11-13,17H,6-10H2,1-5H3/b14-11+. The summed E-state index contributed by atoms with van der Waals surface area (Å²) in [6.45, 7) is 9.02. The van der Waals surface area contributed by atoms with Gasteiger partial charge < -0.3 is 14.1 Å². The lowest BCUT2D eigenvalue weighted by molar-refractivity contribution is -0.129. The van der Waals surface area contributed by atoms with E-state index in [0.717, 1.165) is 65.0 Å². The Morgan fingerprint density at radius 3 is 2.81 bits per heavy atom. The van der Waals surface area contributed by atoms with Crippen molar-refractivity contribution >= 4 is 22.4 Å². The summed E-state index contributed by atoms with van der Waals surface area (Å²) in [4.78, 5) is 14.9. The normalized spacial score (nSPS) is 18.4. The fraction of sp³-hybridized carbons (Fsp3) is 0.500. The minimum Gasteiger partial charge on any atom is -0.496 e. The summed E-state index contributed by atoms with van der Waals surface area (Å²) in [6, 6.07) is 4.36. The molecule has 1 atom stereocenters. The molecule has 4 nitrogen and oxygen atoms in total. The highest BCUT2D eigenvalue weighted by Gasteiger charge is 2.24. The van der Waals surface area contributed by atoms with Crippen LogP contribution in [0.2, 0.25) is 0 Å². The van der Waals surface area contributed by atoms with E-state index in [-0.39, 0.29) is 5.91 Å². The molecule has 1 aliphatic heterocycles. The van der Waals surface area contributed by atoms with Crippen LogP contribution in [0.4, 0.5) is 0 Å². The van der Waals surface area contributed by atoms with Gasteiger partial charge in [0.25, 0.3) is 0 Å². The first-order chi connectivity index (χ1) is 12.5. The number of ether oxygens (including phenoxy) is 1. The fourth-order valence-corrected chi connectivity index (χ4v) is 3.91. The molecular weight excluding hydrogens is 326 g/mol. The number of benzene rings is 1. The number of nitrogens with zero attached hydrogens (tertiary/aromatic N) is 1. The number of hydrogen-bond acceptors (Lipinski definition) is 3. The molecule has 0 aliphatic carbocycles. The number of methoxy groups -OCH3 is 1. The van der Waals surface area contributed by atoms with Crippen molar-refractivity contribution in [2.45, 2.75) is 59.4 Å². The van der Waals surface area contributed by atoms with Crippen molar-refractivity contribution in [1.29, 1.82) is 0 Å². The van der Waals surface area contributed by atoms with Crippen LogP contribution in [0.1, 0.15) is 56.4 Å². The molecule has 0 saturated carbocycles. The molecule has 3 rings (SSSR count). The van der Waals surface area contributed by atoms with E-state index in [1.807, 2.05) is 24.8 Å². The zero-order valence-electron chi connectivity index (χ0n) is 16.5. The molecule has 4 heteroatoms. The first-order valence-corrected chi connectivity index (χ1v) is 9.53. The Labute approximate surface area is 155 Å². The summed E-state index contributed by atoms with van der Waals surface area (Å²) in [5.41, 5.74) is 3.82. The van der Waals surface area contributed by atoms with Gasteiger partial charge in [0.15, 0.2) is 0 Å². The Kier molecular flexibility index (Phi) is 5.40. The summed E-state index contributed by atoms with van der Waals surface area (Å²) in [5.74, 6) is 1.76. The lowest BCUT2D eigenvalue weighted by atomic mass is 9.98. The minimum atomic E-state index is 0.108. The van der Waals surface area contributed by atoms with Gasteiger partial charge in [-0.25, -0.2) is 0 Å². The maximum Gasteiger partial charge on any atom is 0.247 e. The van der Waals surface area contributed by atoms with Gasteiger partial charge in [0.1, 0.15) is 17.1 Å². The van der Waals surface area contributed by atoms with Crippen LogP contribution in [-0.4, -0.2) is 30.5 Å². The summed E-state index contributed by atoms with van der Waals surface area (Å²) in [7, 11) is 1.65. The summed E-state index contributed by atoms with van der Waals surface area (Å²) in [6.07, 6.45) is 6.20. The Balaban J connectivity index is 1.97.